The summed E-state index contributed by atoms with van der Waals surface area (Å²) in [5.41, 5.74) is 0. The maximum absolute atomic E-state index is 11.5. The van der Waals surface area contributed by atoms with Gasteiger partial charge in [0.25, 0.3) is 0 Å². The smallest absolute Gasteiger partial charge is 0.316 e. The molecule has 0 rings (SSSR count). The zero-order valence-electron chi connectivity index (χ0n) is 11.9. The van der Waals surface area contributed by atoms with Crippen molar-refractivity contribution in [3.8, 4) is 0 Å². The first-order valence-corrected chi connectivity index (χ1v) is 6.42. The van der Waals surface area contributed by atoms with Crippen molar-refractivity contribution in [3.05, 3.63) is 0 Å². The SMILES string of the molecule is CCCC(C)NC(=O)CNCCNC(=O)N(C)C. The number of urea groups is 1. The third kappa shape index (κ3) is 8.81. The van der Waals surface area contributed by atoms with Crippen LogP contribution in [-0.2, 0) is 4.79 Å². The molecule has 6 nitrogen and oxygen atoms in total. The van der Waals surface area contributed by atoms with Crippen molar-refractivity contribution in [2.75, 3.05) is 33.7 Å². The molecule has 1 unspecified atom stereocenters. The van der Waals surface area contributed by atoms with Gasteiger partial charge in [-0.15, -0.1) is 0 Å². The van der Waals surface area contributed by atoms with E-state index in [1.165, 1.54) is 4.90 Å². The molecule has 0 heterocycles. The Morgan fingerprint density at radius 1 is 1.22 bits per heavy atom. The summed E-state index contributed by atoms with van der Waals surface area (Å²) in [7, 11) is 3.37. The average molecular weight is 258 g/mol. The largest absolute Gasteiger partial charge is 0.353 e. The first-order chi connectivity index (χ1) is 8.47. The summed E-state index contributed by atoms with van der Waals surface area (Å²) in [6.07, 6.45) is 2.05. The van der Waals surface area contributed by atoms with Crippen LogP contribution in [0.15, 0.2) is 0 Å². The van der Waals surface area contributed by atoms with E-state index < -0.39 is 0 Å². The summed E-state index contributed by atoms with van der Waals surface area (Å²) in [6.45, 7) is 5.46. The van der Waals surface area contributed by atoms with E-state index in [1.807, 2.05) is 6.92 Å². The molecule has 3 amide bonds. The molecule has 3 N–H and O–H groups in total. The van der Waals surface area contributed by atoms with Gasteiger partial charge in [0.2, 0.25) is 5.91 Å². The second-order valence-corrected chi connectivity index (χ2v) is 4.56. The third-order valence-corrected chi connectivity index (χ3v) is 2.40. The van der Waals surface area contributed by atoms with E-state index >= 15 is 0 Å². The lowest BCUT2D eigenvalue weighted by molar-refractivity contribution is -0.120. The summed E-state index contributed by atoms with van der Waals surface area (Å²) in [5.74, 6) is -0.00474. The summed E-state index contributed by atoms with van der Waals surface area (Å²) in [6, 6.07) is 0.0931. The highest BCUT2D eigenvalue weighted by molar-refractivity contribution is 5.78. The number of hydrogen-bond donors (Lipinski definition) is 3. The predicted molar refractivity (Wildman–Crippen MR) is 72.5 cm³/mol. The molecule has 0 aromatic heterocycles. The molecule has 0 bridgehead atoms. The van der Waals surface area contributed by atoms with Gasteiger partial charge in [-0.1, -0.05) is 13.3 Å². The van der Waals surface area contributed by atoms with Gasteiger partial charge in [0, 0.05) is 33.2 Å². The van der Waals surface area contributed by atoms with Gasteiger partial charge < -0.3 is 20.9 Å². The van der Waals surface area contributed by atoms with E-state index in [2.05, 4.69) is 22.9 Å². The molecule has 0 saturated carbocycles. The van der Waals surface area contributed by atoms with E-state index in [4.69, 9.17) is 0 Å². The molecule has 0 fully saturated rings. The third-order valence-electron chi connectivity index (χ3n) is 2.40. The summed E-state index contributed by atoms with van der Waals surface area (Å²) < 4.78 is 0. The minimum absolute atomic E-state index is 0.00474. The normalized spacial score (nSPS) is 11.8. The van der Waals surface area contributed by atoms with Gasteiger partial charge in [-0.2, -0.15) is 0 Å². The standard InChI is InChI=1S/C12H26N4O2/c1-5-6-10(2)15-11(17)9-13-7-8-14-12(18)16(3)4/h10,13H,5-9H2,1-4H3,(H,14,18)(H,15,17). The molecule has 0 spiro atoms. The topological polar surface area (TPSA) is 73.5 Å². The number of nitrogens with zero attached hydrogens (tertiary/aromatic N) is 1. The van der Waals surface area contributed by atoms with E-state index in [-0.39, 0.29) is 24.5 Å². The molecule has 0 aliphatic carbocycles. The van der Waals surface area contributed by atoms with Crippen molar-refractivity contribution in [2.45, 2.75) is 32.7 Å². The molecule has 1 atom stereocenters. The predicted octanol–water partition coefficient (Wildman–Crippen LogP) is 0.152. The average Bonchev–Trinajstić information content (AvgIpc) is 2.28. The first-order valence-electron chi connectivity index (χ1n) is 6.42. The Labute approximate surface area is 109 Å². The van der Waals surface area contributed by atoms with E-state index in [0.717, 1.165) is 12.8 Å². The molecule has 0 aliphatic heterocycles. The number of carbonyl (C=O) groups excluding carboxylic acids is 2. The Morgan fingerprint density at radius 3 is 2.44 bits per heavy atom. The minimum atomic E-state index is -0.127. The van der Waals surface area contributed by atoms with Gasteiger partial charge >= 0.3 is 6.03 Å². The van der Waals surface area contributed by atoms with Crippen LogP contribution in [0.5, 0.6) is 0 Å². The van der Waals surface area contributed by atoms with E-state index in [0.29, 0.717) is 13.1 Å². The number of carbonyl (C=O) groups is 2. The number of nitrogens with one attached hydrogen (secondary N) is 3. The van der Waals surface area contributed by atoms with Crippen molar-refractivity contribution in [2.24, 2.45) is 0 Å². The zero-order chi connectivity index (χ0) is 14.0. The Kier molecular flexibility index (Phi) is 9.00. The van der Waals surface area contributed by atoms with Crippen molar-refractivity contribution in [3.63, 3.8) is 0 Å². The van der Waals surface area contributed by atoms with Crippen LogP contribution < -0.4 is 16.0 Å². The van der Waals surface area contributed by atoms with Crippen LogP contribution in [0.4, 0.5) is 4.79 Å². The molecule has 0 aromatic rings. The lowest BCUT2D eigenvalue weighted by Gasteiger charge is -2.14. The quantitative estimate of drug-likeness (QED) is 0.543. The van der Waals surface area contributed by atoms with Crippen LogP contribution >= 0.6 is 0 Å². The van der Waals surface area contributed by atoms with Crippen molar-refractivity contribution in [1.29, 1.82) is 0 Å². The van der Waals surface area contributed by atoms with Crippen LogP contribution in [0.2, 0.25) is 0 Å². The molecule has 0 saturated heterocycles. The summed E-state index contributed by atoms with van der Waals surface area (Å²) in [4.78, 5) is 24.1. The Hall–Kier alpha value is -1.30. The summed E-state index contributed by atoms with van der Waals surface area (Å²) >= 11 is 0. The first kappa shape index (κ1) is 16.7. The Balaban J connectivity index is 3.49. The van der Waals surface area contributed by atoms with E-state index in [1.54, 1.807) is 14.1 Å². The summed E-state index contributed by atoms with van der Waals surface area (Å²) in [5, 5.41) is 8.59. The van der Waals surface area contributed by atoms with Gasteiger partial charge in [-0.3, -0.25) is 4.79 Å². The monoisotopic (exact) mass is 258 g/mol. The van der Waals surface area contributed by atoms with Gasteiger partial charge in [-0.05, 0) is 13.3 Å². The maximum atomic E-state index is 11.5. The fourth-order valence-corrected chi connectivity index (χ4v) is 1.45. The van der Waals surface area contributed by atoms with Crippen LogP contribution in [0.3, 0.4) is 0 Å². The Morgan fingerprint density at radius 2 is 1.89 bits per heavy atom. The molecule has 106 valence electrons. The van der Waals surface area contributed by atoms with Gasteiger partial charge in [0.05, 0.1) is 6.54 Å². The highest BCUT2D eigenvalue weighted by atomic mass is 16.2. The Bertz CT molecular complexity index is 256. The van der Waals surface area contributed by atoms with Gasteiger partial charge in [0.15, 0.2) is 0 Å². The fraction of sp³-hybridized carbons (Fsp3) is 0.833. The minimum Gasteiger partial charge on any atom is -0.353 e. The fourth-order valence-electron chi connectivity index (χ4n) is 1.45. The van der Waals surface area contributed by atoms with Crippen molar-refractivity contribution < 1.29 is 9.59 Å². The molecule has 6 heteroatoms. The second kappa shape index (κ2) is 9.70. The highest BCUT2D eigenvalue weighted by Crippen LogP contribution is 1.93. The highest BCUT2D eigenvalue weighted by Gasteiger charge is 2.05. The van der Waals surface area contributed by atoms with Crippen LogP contribution in [0.25, 0.3) is 0 Å². The number of amides is 3. The lowest BCUT2D eigenvalue weighted by atomic mass is 10.2. The van der Waals surface area contributed by atoms with Crippen LogP contribution in [0, 0.1) is 0 Å². The molecule has 0 radical (unpaired) electrons. The molecule has 0 aromatic carbocycles. The van der Waals surface area contributed by atoms with E-state index in [9.17, 15) is 9.59 Å². The maximum Gasteiger partial charge on any atom is 0.316 e. The van der Waals surface area contributed by atoms with Crippen molar-refractivity contribution in [1.82, 2.24) is 20.9 Å². The van der Waals surface area contributed by atoms with Gasteiger partial charge in [0.1, 0.15) is 0 Å². The van der Waals surface area contributed by atoms with Crippen LogP contribution in [0.1, 0.15) is 26.7 Å². The number of hydrogen-bond acceptors (Lipinski definition) is 3. The van der Waals surface area contributed by atoms with Gasteiger partial charge in [-0.25, -0.2) is 4.79 Å². The molecule has 0 aliphatic rings. The lowest BCUT2D eigenvalue weighted by Crippen LogP contribution is -2.42. The van der Waals surface area contributed by atoms with Crippen LogP contribution in [-0.4, -0.2) is 56.6 Å². The van der Waals surface area contributed by atoms with Crippen molar-refractivity contribution >= 4 is 11.9 Å². The zero-order valence-corrected chi connectivity index (χ0v) is 11.9. The number of rotatable bonds is 8. The molecule has 18 heavy (non-hydrogen) atoms. The molecular formula is C12H26N4O2. The molecular weight excluding hydrogens is 232 g/mol. The second-order valence-electron chi connectivity index (χ2n) is 4.56.